The molecule has 3 aromatic rings. The Morgan fingerprint density at radius 2 is 1.85 bits per heavy atom. The van der Waals surface area contributed by atoms with Crippen molar-refractivity contribution in [1.29, 1.82) is 0 Å². The zero-order valence-corrected chi connectivity index (χ0v) is 27.0. The fourth-order valence-electron chi connectivity index (χ4n) is 4.25. The fraction of sp³-hybridized carbons (Fsp3) is 0.360. The van der Waals surface area contributed by atoms with Gasteiger partial charge in [-0.2, -0.15) is 23.3 Å². The van der Waals surface area contributed by atoms with Gasteiger partial charge in [0.15, 0.2) is 5.82 Å². The zero-order valence-electron chi connectivity index (χ0n) is 23.1. The van der Waals surface area contributed by atoms with Crippen LogP contribution in [0.4, 0.5) is 27.0 Å². The van der Waals surface area contributed by atoms with Crippen LogP contribution in [0.2, 0.25) is 5.02 Å². The molecule has 218 valence electrons. The highest BCUT2D eigenvalue weighted by Gasteiger charge is 2.33. The maximum absolute atomic E-state index is 13.0. The number of anilines is 4. The smallest absolute Gasteiger partial charge is 0.488 e. The number of hydrogen-bond donors (Lipinski definition) is 2. The first kappa shape index (κ1) is 32.0. The van der Waals surface area contributed by atoms with Crippen LogP contribution in [0.3, 0.4) is 0 Å². The third kappa shape index (κ3) is 7.42. The van der Waals surface area contributed by atoms with Gasteiger partial charge in [0, 0.05) is 18.2 Å². The molecule has 0 spiro atoms. The summed E-state index contributed by atoms with van der Waals surface area (Å²) in [7, 11) is -2.39. The molecule has 1 aliphatic rings. The number of benzene rings is 2. The van der Waals surface area contributed by atoms with Gasteiger partial charge in [-0.3, -0.25) is 4.90 Å². The molecule has 0 saturated heterocycles. The highest BCUT2D eigenvalue weighted by Crippen LogP contribution is 2.42. The number of fused-ring (bicyclic) bond motifs is 1. The van der Waals surface area contributed by atoms with Crippen molar-refractivity contribution < 1.29 is 25.7 Å². The van der Waals surface area contributed by atoms with Gasteiger partial charge in [0.2, 0.25) is 5.95 Å². The van der Waals surface area contributed by atoms with E-state index >= 15 is 0 Å². The number of hydrogen-bond acceptors (Lipinski definition) is 10. The summed E-state index contributed by atoms with van der Waals surface area (Å²) in [5, 5.41) is 6.56. The highest BCUT2D eigenvalue weighted by atomic mass is 35.5. The van der Waals surface area contributed by atoms with Gasteiger partial charge in [0.05, 0.1) is 32.8 Å². The molecule has 4 rings (SSSR count). The van der Waals surface area contributed by atoms with Crippen LogP contribution in [0.25, 0.3) is 0 Å². The van der Waals surface area contributed by atoms with Crippen LogP contribution >= 0.6 is 29.6 Å². The summed E-state index contributed by atoms with van der Waals surface area (Å²) in [6.07, 6.45) is 2.36. The SMILES string of the molecule is COc1cc2c(cc1Nc1ncc(Cl)c(Nc3ccc(OS(=O)(=O)F)cc3OP(C)C)n1)C(C)(C)N(C)CC2.P. The molecule has 0 aliphatic carbocycles. The Kier molecular flexibility index (Phi) is 10.1. The lowest BCUT2D eigenvalue weighted by molar-refractivity contribution is 0.143. The second-order valence-electron chi connectivity index (χ2n) is 9.62. The van der Waals surface area contributed by atoms with Crippen molar-refractivity contribution in [2.24, 2.45) is 0 Å². The van der Waals surface area contributed by atoms with Gasteiger partial charge in [0.25, 0.3) is 0 Å². The topological polar surface area (TPSA) is 115 Å². The molecule has 10 nitrogen and oxygen atoms in total. The molecule has 0 fully saturated rings. The minimum Gasteiger partial charge on any atom is -0.495 e. The third-order valence-electron chi connectivity index (χ3n) is 6.43. The van der Waals surface area contributed by atoms with Crippen LogP contribution in [-0.4, -0.2) is 57.3 Å². The lowest BCUT2D eigenvalue weighted by Gasteiger charge is -2.42. The first-order valence-corrected chi connectivity index (χ1v) is 15.7. The van der Waals surface area contributed by atoms with Crippen LogP contribution in [0.1, 0.15) is 25.0 Å². The molecule has 0 bridgehead atoms. The largest absolute Gasteiger partial charge is 0.495 e. The van der Waals surface area contributed by atoms with Crippen molar-refractivity contribution in [3.05, 3.63) is 52.7 Å². The summed E-state index contributed by atoms with van der Waals surface area (Å²) in [6, 6.07) is 8.13. The van der Waals surface area contributed by atoms with Crippen LogP contribution < -0.4 is 24.1 Å². The molecular weight excluding hydrogens is 599 g/mol. The summed E-state index contributed by atoms with van der Waals surface area (Å²) in [6.45, 7) is 9.01. The minimum atomic E-state index is -5.19. The number of nitrogens with zero attached hydrogens (tertiary/aromatic N) is 3. The molecular formula is C25H33ClFN5O5P2S. The minimum absolute atomic E-state index is 0. The molecule has 1 atom stereocenters. The van der Waals surface area contributed by atoms with Gasteiger partial charge < -0.3 is 24.1 Å². The quantitative estimate of drug-likeness (QED) is 0.214. The first-order chi connectivity index (χ1) is 18.3. The van der Waals surface area contributed by atoms with Crippen LogP contribution in [-0.2, 0) is 22.5 Å². The Labute approximate surface area is 243 Å². The Bertz CT molecular complexity index is 1500. The third-order valence-corrected chi connectivity index (χ3v) is 7.66. The summed E-state index contributed by atoms with van der Waals surface area (Å²) in [5.41, 5.74) is 3.36. The van der Waals surface area contributed by atoms with E-state index in [1.807, 2.05) is 19.4 Å². The Hall–Kier alpha value is -2.49. The van der Waals surface area contributed by atoms with Gasteiger partial charge >= 0.3 is 10.5 Å². The first-order valence-electron chi connectivity index (χ1n) is 11.9. The number of rotatable bonds is 9. The van der Waals surface area contributed by atoms with Gasteiger partial charge in [-0.15, -0.1) is 0 Å². The van der Waals surface area contributed by atoms with Crippen molar-refractivity contribution >= 4 is 63.3 Å². The molecule has 0 amide bonds. The maximum atomic E-state index is 13.0. The van der Waals surface area contributed by atoms with E-state index in [0.29, 0.717) is 17.1 Å². The second kappa shape index (κ2) is 12.6. The van der Waals surface area contributed by atoms with Crippen LogP contribution in [0.5, 0.6) is 17.2 Å². The summed E-state index contributed by atoms with van der Waals surface area (Å²) >= 11 is 6.40. The predicted molar refractivity (Wildman–Crippen MR) is 164 cm³/mol. The van der Waals surface area contributed by atoms with Crippen molar-refractivity contribution in [3.8, 4) is 17.2 Å². The molecule has 2 N–H and O–H groups in total. The number of aromatic nitrogens is 2. The lowest BCUT2D eigenvalue weighted by atomic mass is 9.83. The monoisotopic (exact) mass is 631 g/mol. The van der Waals surface area contributed by atoms with Gasteiger partial charge in [-0.05, 0) is 76.0 Å². The summed E-state index contributed by atoms with van der Waals surface area (Å²) in [5.74, 6) is 1.19. The molecule has 0 saturated carbocycles. The number of halogens is 2. The van der Waals surface area contributed by atoms with Gasteiger partial charge in [-0.25, -0.2) is 4.98 Å². The predicted octanol–water partition coefficient (Wildman–Crippen LogP) is 6.04. The van der Waals surface area contributed by atoms with Crippen LogP contribution in [0.15, 0.2) is 36.5 Å². The lowest BCUT2D eigenvalue weighted by Crippen LogP contribution is -2.44. The zero-order chi connectivity index (χ0) is 28.5. The van der Waals surface area contributed by atoms with E-state index in [2.05, 4.69) is 56.6 Å². The number of likely N-dealkylation sites (N-methyl/N-ethyl adjacent to an activating group) is 1. The van der Waals surface area contributed by atoms with Gasteiger partial charge in [-0.1, -0.05) is 15.5 Å². The van der Waals surface area contributed by atoms with Crippen molar-refractivity contribution in [2.75, 3.05) is 44.7 Å². The molecule has 40 heavy (non-hydrogen) atoms. The van der Waals surface area contributed by atoms with E-state index in [1.54, 1.807) is 7.11 Å². The molecule has 0 radical (unpaired) electrons. The van der Waals surface area contributed by atoms with E-state index < -0.39 is 18.7 Å². The van der Waals surface area contributed by atoms with E-state index in [-0.39, 0.29) is 43.7 Å². The average Bonchev–Trinajstić information content (AvgIpc) is 2.84. The molecule has 15 heteroatoms. The summed E-state index contributed by atoms with van der Waals surface area (Å²) in [4.78, 5) is 11.2. The van der Waals surface area contributed by atoms with Crippen LogP contribution in [0, 0.1) is 0 Å². The molecule has 1 aromatic heterocycles. The van der Waals surface area contributed by atoms with E-state index in [1.165, 1.54) is 35.5 Å². The van der Waals surface area contributed by atoms with Crippen molar-refractivity contribution in [1.82, 2.24) is 14.9 Å². The molecule has 1 aliphatic heterocycles. The Morgan fingerprint density at radius 3 is 2.50 bits per heavy atom. The summed E-state index contributed by atoms with van der Waals surface area (Å²) < 4.78 is 50.7. The van der Waals surface area contributed by atoms with E-state index in [4.69, 9.17) is 20.9 Å². The van der Waals surface area contributed by atoms with E-state index in [9.17, 15) is 12.3 Å². The Balaban J connectivity index is 0.00000441. The number of ether oxygens (including phenoxy) is 1. The Morgan fingerprint density at radius 1 is 1.12 bits per heavy atom. The van der Waals surface area contributed by atoms with Crippen molar-refractivity contribution in [2.45, 2.75) is 25.8 Å². The normalized spacial score (nSPS) is 14.6. The number of nitrogens with one attached hydrogen (secondary N) is 2. The molecule has 2 heterocycles. The van der Waals surface area contributed by atoms with E-state index in [0.717, 1.165) is 13.0 Å². The molecule has 2 aromatic carbocycles. The fourth-order valence-corrected chi connectivity index (χ4v) is 5.26. The maximum Gasteiger partial charge on any atom is 0.488 e. The van der Waals surface area contributed by atoms with Gasteiger partial charge in [0.1, 0.15) is 22.3 Å². The standard InChI is InChI=1S/C25H30ClFN5O5PS.H3P/c1-25(2)17-13-20(21(35-4)11-15(17)9-10-32(25)3)30-24-28-14-18(26)23(31-24)29-19-8-7-16(37-39(27,33)34)12-22(19)36-38(5)6;/h7-8,11-14H,9-10H2,1-6H3,(H2,28,29,30,31);1H3. The number of methoxy groups -OCH3 is 1. The molecule has 1 unspecified atom stereocenters. The average molecular weight is 632 g/mol. The highest BCUT2D eigenvalue weighted by molar-refractivity contribution is 7.81. The van der Waals surface area contributed by atoms with Crippen molar-refractivity contribution in [3.63, 3.8) is 0 Å². The second-order valence-corrected chi connectivity index (χ2v) is 12.8.